The van der Waals surface area contributed by atoms with E-state index in [0.29, 0.717) is 5.75 Å². The fourth-order valence-corrected chi connectivity index (χ4v) is 8.27. The van der Waals surface area contributed by atoms with Crippen molar-refractivity contribution in [3.63, 3.8) is 0 Å². The third-order valence-corrected chi connectivity index (χ3v) is 9.95. The molecule has 2 aliphatic rings. The van der Waals surface area contributed by atoms with E-state index in [4.69, 9.17) is 21.3 Å². The summed E-state index contributed by atoms with van der Waals surface area (Å²) in [6.07, 6.45) is 1.77. The number of pyridine rings is 1. The van der Waals surface area contributed by atoms with E-state index < -0.39 is 6.04 Å². The van der Waals surface area contributed by atoms with Gasteiger partial charge < -0.3 is 14.5 Å². The Bertz CT molecular complexity index is 1230. The van der Waals surface area contributed by atoms with Gasteiger partial charge in [0.05, 0.1) is 11.5 Å². The maximum atomic E-state index is 6.43. The topological polar surface area (TPSA) is 31.4 Å². The van der Waals surface area contributed by atoms with E-state index in [1.165, 1.54) is 0 Å². The first-order valence-electron chi connectivity index (χ1n) is 8.92. The van der Waals surface area contributed by atoms with Crippen LogP contribution in [0.15, 0.2) is 79.0 Å². The summed E-state index contributed by atoms with van der Waals surface area (Å²) < 4.78 is 12.6. The van der Waals surface area contributed by atoms with Gasteiger partial charge in [-0.2, -0.15) is 0 Å². The van der Waals surface area contributed by atoms with Crippen LogP contribution in [-0.4, -0.2) is 4.98 Å². The molecule has 1 radical (unpaired) electrons. The Balaban J connectivity index is 0.00000181. The van der Waals surface area contributed by atoms with Crippen LogP contribution in [-0.2, 0) is 31.9 Å². The monoisotopic (exact) mass is 591 g/mol. The van der Waals surface area contributed by atoms with E-state index in [1.807, 2.05) is 60.7 Å². The van der Waals surface area contributed by atoms with Gasteiger partial charge in [0.1, 0.15) is 11.5 Å². The van der Waals surface area contributed by atoms with Crippen LogP contribution in [0.3, 0.4) is 0 Å². The molecule has 1 aromatic heterocycles. The second-order valence-electron chi connectivity index (χ2n) is 6.69. The molecule has 0 saturated heterocycles. The molecule has 0 fully saturated rings. The molecule has 0 saturated carbocycles. The molecule has 3 aromatic carbocycles. The minimum Gasteiger partial charge on any atom is -0.475 e. The van der Waals surface area contributed by atoms with E-state index in [1.54, 1.807) is 6.20 Å². The Hall–Kier alpha value is -2.29. The first kappa shape index (κ1) is 18.7. The van der Waals surface area contributed by atoms with Gasteiger partial charge in [-0.25, -0.2) is 0 Å². The predicted octanol–water partition coefficient (Wildman–Crippen LogP) is 4.51. The fourth-order valence-electron chi connectivity index (χ4n) is 3.85. The third-order valence-electron chi connectivity index (χ3n) is 5.07. The van der Waals surface area contributed by atoms with E-state index in [2.05, 4.69) is 23.2 Å². The van der Waals surface area contributed by atoms with Crippen LogP contribution in [0.1, 0.15) is 0 Å². The molecule has 6 rings (SSSR count). The maximum Gasteiger partial charge on any atom is 0.133 e. The zero-order valence-electron chi connectivity index (χ0n) is 15.0. The Morgan fingerprint density at radius 3 is 2.14 bits per heavy atom. The maximum absolute atomic E-state index is 6.43. The number of nitrogens with zero attached hydrogens (tertiary/aromatic N) is 1. The molecule has 0 bridgehead atoms. The Morgan fingerprint density at radius 2 is 1.45 bits per heavy atom. The van der Waals surface area contributed by atoms with Gasteiger partial charge in [0.25, 0.3) is 0 Å². The van der Waals surface area contributed by atoms with Gasteiger partial charge in [0.15, 0.2) is 0 Å². The number of fused-ring (bicyclic) bond motifs is 4. The molecule has 0 aliphatic carbocycles. The molecule has 0 amide bonds. The molecule has 0 N–H and O–H groups in total. The Labute approximate surface area is 187 Å². The van der Waals surface area contributed by atoms with Crippen LogP contribution in [0.25, 0.3) is 11.3 Å². The van der Waals surface area contributed by atoms with Crippen LogP contribution in [0.5, 0.6) is 23.0 Å². The summed E-state index contributed by atoms with van der Waals surface area (Å²) in [6.45, 7) is 0. The van der Waals surface area contributed by atoms with Crippen LogP contribution in [0, 0.1) is 6.07 Å². The second-order valence-corrected chi connectivity index (χ2v) is 11.0. The van der Waals surface area contributed by atoms with E-state index in [9.17, 15) is 0 Å². The van der Waals surface area contributed by atoms with Gasteiger partial charge in [0, 0.05) is 42.9 Å². The van der Waals surface area contributed by atoms with Gasteiger partial charge >= 0.3 is 0 Å². The van der Waals surface area contributed by atoms with E-state index in [0.717, 1.165) is 44.4 Å². The molecular weight excluding hydrogens is 578 g/mol. The number of rotatable bonds is 1. The fraction of sp³-hybridized carbons (Fsp3) is 0. The summed E-state index contributed by atoms with van der Waals surface area (Å²) in [4.78, 5) is 4.46. The van der Waals surface area contributed by atoms with Crippen molar-refractivity contribution >= 4 is 33.8 Å². The molecule has 4 aromatic rings. The molecule has 1 atom stereocenters. The van der Waals surface area contributed by atoms with E-state index >= 15 is 0 Å². The van der Waals surface area contributed by atoms with Gasteiger partial charge in [0.2, 0.25) is 0 Å². The van der Waals surface area contributed by atoms with Crippen molar-refractivity contribution < 1.29 is 29.6 Å². The van der Waals surface area contributed by atoms with Crippen LogP contribution in [0.2, 0.25) is 0 Å². The zero-order chi connectivity index (χ0) is 18.7. The van der Waals surface area contributed by atoms with Crippen molar-refractivity contribution in [1.29, 1.82) is 0 Å². The molecule has 1 unspecified atom stereocenters. The molecular formula is C23H13IrNO2PS-. The van der Waals surface area contributed by atoms with Crippen molar-refractivity contribution in [2.24, 2.45) is 0 Å². The molecule has 6 heteroatoms. The second kappa shape index (κ2) is 6.90. The van der Waals surface area contributed by atoms with E-state index in [-0.39, 0.29) is 20.1 Å². The molecule has 0 spiro atoms. The number of benzene rings is 3. The number of aromatic nitrogens is 1. The Kier molecular flexibility index (Phi) is 4.45. The third kappa shape index (κ3) is 2.66. The van der Waals surface area contributed by atoms with Crippen molar-refractivity contribution in [2.75, 3.05) is 0 Å². The standard InChI is InChI=1S/C23H13NO2PS.Ir/c28-27-21-10-3-1-8-17(21)25-19-13-15(16-7-5-6-12-24-16)14-20(23(19)27)26-18-9-2-4-11-22(18)27;/h1-13H;/q-1;. The molecule has 3 heterocycles. The smallest absolute Gasteiger partial charge is 0.133 e. The van der Waals surface area contributed by atoms with Gasteiger partial charge in [-0.3, -0.25) is 0 Å². The Morgan fingerprint density at radius 1 is 0.793 bits per heavy atom. The first-order valence-corrected chi connectivity index (χ1v) is 11.7. The molecule has 2 aliphatic heterocycles. The van der Waals surface area contributed by atoms with Gasteiger partial charge in [-0.15, -0.1) is 5.56 Å². The minimum absolute atomic E-state index is 0. The summed E-state index contributed by atoms with van der Waals surface area (Å²) in [6, 6.07) is 25.0. The van der Waals surface area contributed by atoms with Crippen molar-refractivity contribution in [2.45, 2.75) is 0 Å². The number of para-hydroxylation sites is 2. The SMILES string of the molecule is S=P12c3ccccc3Oc3[c-]c(-c4ccccn4)cc(c31)Oc1ccccc12.[Ir]. The first-order chi connectivity index (χ1) is 13.7. The number of hydrogen-bond donors (Lipinski definition) is 0. The number of hydrogen-bond acceptors (Lipinski definition) is 4. The van der Waals surface area contributed by atoms with Crippen molar-refractivity contribution in [1.82, 2.24) is 4.98 Å². The quantitative estimate of drug-likeness (QED) is 0.208. The summed E-state index contributed by atoms with van der Waals surface area (Å²) in [7, 11) is 0. The van der Waals surface area contributed by atoms with Gasteiger partial charge in [-0.1, -0.05) is 72.5 Å². The molecule has 3 nitrogen and oxygen atoms in total. The van der Waals surface area contributed by atoms with Crippen LogP contribution >= 0.6 is 6.04 Å². The largest absolute Gasteiger partial charge is 0.475 e. The zero-order valence-corrected chi connectivity index (χ0v) is 19.1. The summed E-state index contributed by atoms with van der Waals surface area (Å²) in [5.74, 6) is 3.01. The molecule has 29 heavy (non-hydrogen) atoms. The summed E-state index contributed by atoms with van der Waals surface area (Å²) in [5, 5.41) is 3.07. The van der Waals surface area contributed by atoms with Crippen molar-refractivity contribution in [3.05, 3.63) is 85.1 Å². The van der Waals surface area contributed by atoms with Crippen LogP contribution in [0.4, 0.5) is 0 Å². The normalized spacial score (nSPS) is 17.5. The molecule has 143 valence electrons. The summed E-state index contributed by atoms with van der Waals surface area (Å²) >= 11 is 6.43. The van der Waals surface area contributed by atoms with Crippen molar-refractivity contribution in [3.8, 4) is 34.3 Å². The average molecular weight is 591 g/mol. The van der Waals surface area contributed by atoms with Crippen LogP contribution < -0.4 is 25.4 Å². The van der Waals surface area contributed by atoms with Gasteiger partial charge in [-0.05, 0) is 29.2 Å². The minimum atomic E-state index is -2.29. The average Bonchev–Trinajstić information content (AvgIpc) is 2.74. The predicted molar refractivity (Wildman–Crippen MR) is 115 cm³/mol. The summed E-state index contributed by atoms with van der Waals surface area (Å²) in [5.41, 5.74) is 1.65. The number of ether oxygens (including phenoxy) is 2.